The zero-order valence-corrected chi connectivity index (χ0v) is 11.6. The summed E-state index contributed by atoms with van der Waals surface area (Å²) in [5, 5.41) is 9.66. The maximum Gasteiger partial charge on any atom is 0.0923 e. The summed E-state index contributed by atoms with van der Waals surface area (Å²) in [6, 6.07) is 0. The second-order valence-electron chi connectivity index (χ2n) is 5.68. The lowest BCUT2D eigenvalue weighted by Crippen LogP contribution is -2.13. The first-order chi connectivity index (χ1) is 7.85. The molecule has 2 heteroatoms. The van der Waals surface area contributed by atoms with Gasteiger partial charge in [-0.1, -0.05) is 23.8 Å². The van der Waals surface area contributed by atoms with Crippen molar-refractivity contribution in [2.45, 2.75) is 71.2 Å². The first kappa shape index (κ1) is 14.5. The molecule has 0 spiro atoms. The van der Waals surface area contributed by atoms with Gasteiger partial charge < -0.3 is 9.84 Å². The molecule has 98 valence electrons. The monoisotopic (exact) mass is 238 g/mol. The van der Waals surface area contributed by atoms with Crippen molar-refractivity contribution >= 4 is 0 Å². The quantitative estimate of drug-likeness (QED) is 0.543. The predicted octanol–water partition coefficient (Wildman–Crippen LogP) is 3.61. The molecule has 0 bridgehead atoms. The van der Waals surface area contributed by atoms with Crippen molar-refractivity contribution in [3.05, 3.63) is 23.8 Å². The Bertz CT molecular complexity index is 302. The van der Waals surface area contributed by atoms with E-state index < -0.39 is 0 Å². The molecule has 0 amide bonds. The number of epoxide rings is 1. The van der Waals surface area contributed by atoms with E-state index in [4.69, 9.17) is 4.74 Å². The summed E-state index contributed by atoms with van der Waals surface area (Å²) in [7, 11) is 0. The van der Waals surface area contributed by atoms with Crippen molar-refractivity contribution in [2.24, 2.45) is 0 Å². The van der Waals surface area contributed by atoms with Crippen LogP contribution in [0.5, 0.6) is 0 Å². The Morgan fingerprint density at radius 1 is 1.47 bits per heavy atom. The standard InChI is InChI=1S/C15H26O2/c1-11(2)7-6-10-15(5)14(17-15)9-8-13(16)12(3)4/h7,13-14,16H,3,6,8-10H2,1-2,4-5H3/t13?,14-,15-/m1/s1. The SMILES string of the molecule is C=C(C)C(O)CC[C@H]1O[C@]1(C)CCC=C(C)C. The molecule has 1 rings (SSSR count). The summed E-state index contributed by atoms with van der Waals surface area (Å²) in [5.41, 5.74) is 2.25. The molecule has 1 N–H and O–H groups in total. The average Bonchev–Trinajstić information content (AvgIpc) is 2.85. The number of allylic oxidation sites excluding steroid dienone is 2. The first-order valence-corrected chi connectivity index (χ1v) is 6.50. The summed E-state index contributed by atoms with van der Waals surface area (Å²) < 4.78 is 5.75. The van der Waals surface area contributed by atoms with E-state index in [2.05, 4.69) is 33.4 Å². The van der Waals surface area contributed by atoms with Gasteiger partial charge in [-0.2, -0.15) is 0 Å². The van der Waals surface area contributed by atoms with E-state index in [-0.39, 0.29) is 11.7 Å². The van der Waals surface area contributed by atoms with Gasteiger partial charge >= 0.3 is 0 Å². The molecule has 1 unspecified atom stereocenters. The molecular formula is C15H26O2. The number of hydrogen-bond donors (Lipinski definition) is 1. The molecule has 1 heterocycles. The van der Waals surface area contributed by atoms with E-state index >= 15 is 0 Å². The van der Waals surface area contributed by atoms with E-state index in [0.29, 0.717) is 6.10 Å². The smallest absolute Gasteiger partial charge is 0.0923 e. The molecular weight excluding hydrogens is 212 g/mol. The molecule has 1 fully saturated rings. The normalized spacial score (nSPS) is 28.6. The van der Waals surface area contributed by atoms with Crippen LogP contribution in [0.1, 0.15) is 53.4 Å². The summed E-state index contributed by atoms with van der Waals surface area (Å²) in [5.74, 6) is 0. The molecule has 2 nitrogen and oxygen atoms in total. The van der Waals surface area contributed by atoms with E-state index in [0.717, 1.165) is 31.3 Å². The number of hydrogen-bond acceptors (Lipinski definition) is 2. The third-order valence-corrected chi connectivity index (χ3v) is 3.50. The molecule has 3 atom stereocenters. The fourth-order valence-corrected chi connectivity index (χ4v) is 2.08. The van der Waals surface area contributed by atoms with Crippen LogP contribution in [-0.4, -0.2) is 22.9 Å². The summed E-state index contributed by atoms with van der Waals surface area (Å²) >= 11 is 0. The summed E-state index contributed by atoms with van der Waals surface area (Å²) in [6.45, 7) is 12.0. The Hall–Kier alpha value is -0.600. The van der Waals surface area contributed by atoms with Crippen molar-refractivity contribution in [2.75, 3.05) is 0 Å². The highest BCUT2D eigenvalue weighted by Gasteiger charge is 2.50. The van der Waals surface area contributed by atoms with Crippen molar-refractivity contribution in [1.82, 2.24) is 0 Å². The predicted molar refractivity (Wildman–Crippen MR) is 72.0 cm³/mol. The van der Waals surface area contributed by atoms with Crippen molar-refractivity contribution < 1.29 is 9.84 Å². The second kappa shape index (κ2) is 5.83. The molecule has 1 aliphatic rings. The van der Waals surface area contributed by atoms with Crippen LogP contribution in [0.4, 0.5) is 0 Å². The number of aliphatic hydroxyl groups is 1. The van der Waals surface area contributed by atoms with Gasteiger partial charge in [0, 0.05) is 0 Å². The van der Waals surface area contributed by atoms with Gasteiger partial charge in [0.2, 0.25) is 0 Å². The molecule has 0 saturated carbocycles. The van der Waals surface area contributed by atoms with Crippen LogP contribution >= 0.6 is 0 Å². The van der Waals surface area contributed by atoms with Gasteiger partial charge in [0.15, 0.2) is 0 Å². The van der Waals surface area contributed by atoms with Crippen LogP contribution in [-0.2, 0) is 4.74 Å². The molecule has 17 heavy (non-hydrogen) atoms. The fourth-order valence-electron chi connectivity index (χ4n) is 2.08. The minimum absolute atomic E-state index is 0.0424. The number of aliphatic hydroxyl groups excluding tert-OH is 1. The van der Waals surface area contributed by atoms with E-state index in [1.165, 1.54) is 5.57 Å². The minimum Gasteiger partial charge on any atom is -0.389 e. The minimum atomic E-state index is -0.374. The Morgan fingerprint density at radius 2 is 2.12 bits per heavy atom. The highest BCUT2D eigenvalue weighted by atomic mass is 16.6. The molecule has 1 saturated heterocycles. The Morgan fingerprint density at radius 3 is 2.65 bits per heavy atom. The zero-order chi connectivity index (χ0) is 13.1. The van der Waals surface area contributed by atoms with Crippen molar-refractivity contribution in [3.8, 4) is 0 Å². The lowest BCUT2D eigenvalue weighted by Gasteiger charge is -2.09. The average molecular weight is 238 g/mol. The molecule has 0 aromatic carbocycles. The molecule has 0 aliphatic carbocycles. The third-order valence-electron chi connectivity index (χ3n) is 3.50. The van der Waals surface area contributed by atoms with Crippen molar-refractivity contribution in [1.29, 1.82) is 0 Å². The van der Waals surface area contributed by atoms with Gasteiger partial charge in [0.1, 0.15) is 0 Å². The first-order valence-electron chi connectivity index (χ1n) is 6.50. The van der Waals surface area contributed by atoms with Crippen LogP contribution in [0.2, 0.25) is 0 Å². The van der Waals surface area contributed by atoms with E-state index in [1.54, 1.807) is 0 Å². The van der Waals surface area contributed by atoms with Gasteiger partial charge in [0.25, 0.3) is 0 Å². The highest BCUT2D eigenvalue weighted by molar-refractivity contribution is 5.04. The molecule has 1 aliphatic heterocycles. The lowest BCUT2D eigenvalue weighted by molar-refractivity contribution is 0.192. The van der Waals surface area contributed by atoms with E-state index in [9.17, 15) is 5.11 Å². The topological polar surface area (TPSA) is 32.8 Å². The van der Waals surface area contributed by atoms with Gasteiger partial charge in [-0.05, 0) is 53.4 Å². The largest absolute Gasteiger partial charge is 0.389 e. The lowest BCUT2D eigenvalue weighted by atomic mass is 9.96. The van der Waals surface area contributed by atoms with Crippen LogP contribution < -0.4 is 0 Å². The summed E-state index contributed by atoms with van der Waals surface area (Å²) in [4.78, 5) is 0. The highest BCUT2D eigenvalue weighted by Crippen LogP contribution is 2.43. The zero-order valence-electron chi connectivity index (χ0n) is 11.6. The maximum atomic E-state index is 9.66. The number of ether oxygens (including phenoxy) is 1. The molecule has 0 aromatic heterocycles. The van der Waals surface area contributed by atoms with Gasteiger partial charge in [-0.15, -0.1) is 0 Å². The van der Waals surface area contributed by atoms with Gasteiger partial charge in [-0.25, -0.2) is 0 Å². The molecule has 0 aromatic rings. The van der Waals surface area contributed by atoms with Crippen LogP contribution in [0, 0.1) is 0 Å². The Kier molecular flexibility index (Phi) is 4.96. The second-order valence-corrected chi connectivity index (χ2v) is 5.68. The number of rotatable bonds is 7. The van der Waals surface area contributed by atoms with Gasteiger partial charge in [0.05, 0.1) is 17.8 Å². The van der Waals surface area contributed by atoms with E-state index in [1.807, 2.05) is 6.92 Å². The maximum absolute atomic E-state index is 9.66. The van der Waals surface area contributed by atoms with Crippen LogP contribution in [0.15, 0.2) is 23.8 Å². The Balaban J connectivity index is 2.22. The summed E-state index contributed by atoms with van der Waals surface area (Å²) in [6.07, 6.45) is 6.05. The van der Waals surface area contributed by atoms with Crippen LogP contribution in [0.25, 0.3) is 0 Å². The fraction of sp³-hybridized carbons (Fsp3) is 0.733. The van der Waals surface area contributed by atoms with Crippen molar-refractivity contribution in [3.63, 3.8) is 0 Å². The van der Waals surface area contributed by atoms with Crippen LogP contribution in [0.3, 0.4) is 0 Å². The third kappa shape index (κ3) is 4.64. The molecule has 0 radical (unpaired) electrons. The van der Waals surface area contributed by atoms with Gasteiger partial charge in [-0.3, -0.25) is 0 Å². The Labute approximate surface area is 105 Å².